The smallest absolute Gasteiger partial charge is 0.337 e. The van der Waals surface area contributed by atoms with Crippen molar-refractivity contribution in [2.45, 2.75) is 25.9 Å². The first-order valence-corrected chi connectivity index (χ1v) is 8.73. The van der Waals surface area contributed by atoms with Crippen LogP contribution in [0.3, 0.4) is 0 Å². The summed E-state index contributed by atoms with van der Waals surface area (Å²) in [6.45, 7) is 3.60. The fraction of sp³-hybridized carbons (Fsp3) is 0.286. The fourth-order valence-corrected chi connectivity index (χ4v) is 3.46. The van der Waals surface area contributed by atoms with E-state index in [1.807, 2.05) is 37.3 Å². The summed E-state index contributed by atoms with van der Waals surface area (Å²) in [5, 5.41) is 0. The summed E-state index contributed by atoms with van der Waals surface area (Å²) < 4.78 is 10.7. The van der Waals surface area contributed by atoms with Crippen molar-refractivity contribution in [1.29, 1.82) is 0 Å². The van der Waals surface area contributed by atoms with E-state index in [9.17, 15) is 14.4 Å². The summed E-state index contributed by atoms with van der Waals surface area (Å²) in [6, 6.07) is 14.3. The van der Waals surface area contributed by atoms with Crippen molar-refractivity contribution in [3.8, 4) is 0 Å². The summed E-state index contributed by atoms with van der Waals surface area (Å²) >= 11 is 0. The molecule has 2 unspecified atom stereocenters. The SMILES string of the molecule is CCOC(c1ccccc1)C1C(=O)N(C(C)=O)c2cc(C(=O)OC)ccc21. The molecule has 0 saturated carbocycles. The molecule has 0 N–H and O–H groups in total. The Morgan fingerprint density at radius 1 is 1.15 bits per heavy atom. The molecule has 0 saturated heterocycles. The predicted octanol–water partition coefficient (Wildman–Crippen LogP) is 3.23. The number of nitrogens with zero attached hydrogens (tertiary/aromatic N) is 1. The average Bonchev–Trinajstić information content (AvgIpc) is 2.97. The first kappa shape index (κ1) is 18.8. The highest BCUT2D eigenvalue weighted by Gasteiger charge is 2.45. The minimum atomic E-state index is -0.669. The Hall–Kier alpha value is -2.99. The number of amides is 2. The monoisotopic (exact) mass is 367 g/mol. The number of esters is 1. The predicted molar refractivity (Wildman–Crippen MR) is 99.5 cm³/mol. The molecule has 27 heavy (non-hydrogen) atoms. The van der Waals surface area contributed by atoms with Gasteiger partial charge in [0, 0.05) is 13.5 Å². The van der Waals surface area contributed by atoms with Gasteiger partial charge in [0.05, 0.1) is 30.4 Å². The molecule has 3 rings (SSSR count). The molecule has 140 valence electrons. The molecule has 0 aliphatic carbocycles. The molecule has 1 aliphatic rings. The van der Waals surface area contributed by atoms with E-state index >= 15 is 0 Å². The van der Waals surface area contributed by atoms with Gasteiger partial charge in [0.15, 0.2) is 0 Å². The first-order chi connectivity index (χ1) is 13.0. The summed E-state index contributed by atoms with van der Waals surface area (Å²) in [7, 11) is 1.28. The van der Waals surface area contributed by atoms with Gasteiger partial charge in [-0.15, -0.1) is 0 Å². The van der Waals surface area contributed by atoms with E-state index in [0.717, 1.165) is 10.5 Å². The number of benzene rings is 2. The molecule has 2 atom stereocenters. The normalized spacial score (nSPS) is 16.8. The van der Waals surface area contributed by atoms with Gasteiger partial charge in [0.2, 0.25) is 11.8 Å². The van der Waals surface area contributed by atoms with E-state index in [1.54, 1.807) is 12.1 Å². The largest absolute Gasteiger partial charge is 0.465 e. The van der Waals surface area contributed by atoms with E-state index < -0.39 is 23.9 Å². The zero-order valence-corrected chi connectivity index (χ0v) is 15.5. The number of carbonyl (C=O) groups is 3. The Balaban J connectivity index is 2.13. The highest BCUT2D eigenvalue weighted by Crippen LogP contribution is 2.46. The van der Waals surface area contributed by atoms with Crippen molar-refractivity contribution in [3.63, 3.8) is 0 Å². The Kier molecular flexibility index (Phi) is 5.37. The third kappa shape index (κ3) is 3.36. The van der Waals surface area contributed by atoms with Crippen LogP contribution in [0.25, 0.3) is 0 Å². The Bertz CT molecular complexity index is 877. The molecule has 0 fully saturated rings. The van der Waals surface area contributed by atoms with Crippen LogP contribution in [0.1, 0.15) is 47.4 Å². The van der Waals surface area contributed by atoms with Crippen LogP contribution in [-0.4, -0.2) is 31.5 Å². The van der Waals surface area contributed by atoms with E-state index in [2.05, 4.69) is 0 Å². The summed E-state index contributed by atoms with van der Waals surface area (Å²) in [5.41, 5.74) is 2.20. The molecular weight excluding hydrogens is 346 g/mol. The molecule has 2 amide bonds. The first-order valence-electron chi connectivity index (χ1n) is 8.73. The van der Waals surface area contributed by atoms with Crippen molar-refractivity contribution in [2.75, 3.05) is 18.6 Å². The lowest BCUT2D eigenvalue weighted by Crippen LogP contribution is -2.35. The van der Waals surface area contributed by atoms with Gasteiger partial charge in [-0.1, -0.05) is 36.4 Å². The standard InChI is InChI=1S/C21H21NO5/c1-4-27-19(14-8-6-5-7-9-14)18-16-11-10-15(21(25)26-3)12-17(16)22(13(2)23)20(18)24/h5-12,18-19H,4H2,1-3H3. The van der Waals surface area contributed by atoms with Crippen LogP contribution >= 0.6 is 0 Å². The topological polar surface area (TPSA) is 72.9 Å². The lowest BCUT2D eigenvalue weighted by Gasteiger charge is -2.23. The number of hydrogen-bond acceptors (Lipinski definition) is 5. The third-order valence-corrected chi connectivity index (χ3v) is 4.61. The number of fused-ring (bicyclic) bond motifs is 1. The molecule has 0 spiro atoms. The molecule has 1 heterocycles. The highest BCUT2D eigenvalue weighted by molar-refractivity contribution is 6.21. The van der Waals surface area contributed by atoms with E-state index in [0.29, 0.717) is 17.9 Å². The molecule has 1 aliphatic heterocycles. The second-order valence-electron chi connectivity index (χ2n) is 6.22. The van der Waals surface area contributed by atoms with Crippen molar-refractivity contribution >= 4 is 23.5 Å². The van der Waals surface area contributed by atoms with Crippen molar-refractivity contribution in [2.24, 2.45) is 0 Å². The van der Waals surface area contributed by atoms with Gasteiger partial charge in [0.1, 0.15) is 0 Å². The van der Waals surface area contributed by atoms with Crippen LogP contribution < -0.4 is 4.90 Å². The zero-order valence-electron chi connectivity index (χ0n) is 15.5. The van der Waals surface area contributed by atoms with Crippen LogP contribution in [0.2, 0.25) is 0 Å². The lowest BCUT2D eigenvalue weighted by atomic mass is 9.89. The van der Waals surface area contributed by atoms with Crippen molar-refractivity contribution < 1.29 is 23.9 Å². The maximum Gasteiger partial charge on any atom is 0.337 e. The second kappa shape index (κ2) is 7.72. The van der Waals surface area contributed by atoms with Gasteiger partial charge in [-0.3, -0.25) is 9.59 Å². The number of imide groups is 1. The molecule has 6 nitrogen and oxygen atoms in total. The number of anilines is 1. The fourth-order valence-electron chi connectivity index (χ4n) is 3.46. The molecule has 0 aromatic heterocycles. The minimum Gasteiger partial charge on any atom is -0.465 e. The van der Waals surface area contributed by atoms with Gasteiger partial charge in [0.25, 0.3) is 0 Å². The number of carbonyl (C=O) groups excluding carboxylic acids is 3. The van der Waals surface area contributed by atoms with E-state index in [4.69, 9.17) is 9.47 Å². The maximum atomic E-state index is 13.2. The van der Waals surface area contributed by atoms with Gasteiger partial charge in [-0.05, 0) is 30.2 Å². The number of rotatable bonds is 5. The van der Waals surface area contributed by atoms with E-state index in [1.165, 1.54) is 20.1 Å². The Labute approximate surface area is 157 Å². The molecule has 0 radical (unpaired) electrons. The summed E-state index contributed by atoms with van der Waals surface area (Å²) in [5.74, 6) is -1.96. The molecule has 2 aromatic rings. The molecule has 2 aromatic carbocycles. The average molecular weight is 367 g/mol. The van der Waals surface area contributed by atoms with Crippen molar-refractivity contribution in [1.82, 2.24) is 0 Å². The number of ether oxygens (including phenoxy) is 2. The van der Waals surface area contributed by atoms with Crippen LogP contribution in [0.15, 0.2) is 48.5 Å². The summed E-state index contributed by atoms with van der Waals surface area (Å²) in [6.07, 6.45) is -0.532. The van der Waals surface area contributed by atoms with Gasteiger partial charge >= 0.3 is 5.97 Å². The molecule has 0 bridgehead atoms. The Morgan fingerprint density at radius 3 is 2.44 bits per heavy atom. The highest BCUT2D eigenvalue weighted by atomic mass is 16.5. The van der Waals surface area contributed by atoms with Crippen molar-refractivity contribution in [3.05, 3.63) is 65.2 Å². The van der Waals surface area contributed by atoms with E-state index in [-0.39, 0.29) is 11.5 Å². The van der Waals surface area contributed by atoms with Crippen LogP contribution in [0.4, 0.5) is 5.69 Å². The quantitative estimate of drug-likeness (QED) is 0.759. The van der Waals surface area contributed by atoms with Gasteiger partial charge < -0.3 is 9.47 Å². The van der Waals surface area contributed by atoms with Crippen LogP contribution in [0, 0.1) is 0 Å². The third-order valence-electron chi connectivity index (χ3n) is 4.61. The molecule has 6 heteroatoms. The lowest BCUT2D eigenvalue weighted by molar-refractivity contribution is -0.127. The van der Waals surface area contributed by atoms with Gasteiger partial charge in [-0.2, -0.15) is 0 Å². The van der Waals surface area contributed by atoms with Crippen LogP contribution in [-0.2, 0) is 19.1 Å². The molecular formula is C21H21NO5. The second-order valence-corrected chi connectivity index (χ2v) is 6.22. The maximum absolute atomic E-state index is 13.2. The number of methoxy groups -OCH3 is 1. The summed E-state index contributed by atoms with van der Waals surface area (Å²) in [4.78, 5) is 38.3. The zero-order chi connectivity index (χ0) is 19.6. The van der Waals surface area contributed by atoms with Crippen LogP contribution in [0.5, 0.6) is 0 Å². The Morgan fingerprint density at radius 2 is 1.85 bits per heavy atom. The number of hydrogen-bond donors (Lipinski definition) is 0. The van der Waals surface area contributed by atoms with Gasteiger partial charge in [-0.25, -0.2) is 9.69 Å². The minimum absolute atomic E-state index is 0.281.